The third kappa shape index (κ3) is 16.9. The molecule has 1 aliphatic heterocycles. The zero-order valence-electron chi connectivity index (χ0n) is 47.2. The van der Waals surface area contributed by atoms with Crippen LogP contribution in [-0.2, 0) is 48.6 Å². The van der Waals surface area contributed by atoms with E-state index in [1.54, 1.807) is 0 Å². The first-order valence-electron chi connectivity index (χ1n) is 25.7. The number of aliphatic imine (C=N–C) groups is 2. The van der Waals surface area contributed by atoms with Crippen molar-refractivity contribution in [2.24, 2.45) is 26.1 Å². The normalized spacial score (nSPS) is 14.9. The fourth-order valence-electron chi connectivity index (χ4n) is 9.06. The van der Waals surface area contributed by atoms with E-state index in [1.807, 2.05) is 18.6 Å². The van der Waals surface area contributed by atoms with Crippen LogP contribution in [0, 0.1) is 12.8 Å². The van der Waals surface area contributed by atoms with Crippen LogP contribution >= 0.6 is 42.7 Å². The van der Waals surface area contributed by atoms with Crippen LogP contribution in [0.4, 0.5) is 51.7 Å². The van der Waals surface area contributed by atoms with E-state index < -0.39 is 107 Å². The number of nitrogens with one attached hydrogen (secondary N) is 7. The number of aliphatic carboxylic acids is 2. The monoisotopic (exact) mass is 1610 g/mol. The SMILES string of the molecule is CC1=NC(Nc2ccc(Nc3nc(C)nc(Nc4cc(S(=O)(=O)O)cc5cc(SOOO)c(NNC6=CC(C(=O)O)=CC(C(=O)O)C6)c(O)c45)n3)cc2C(=O)O)NC(Nc2cc(S(=O)(=O)O)cc3cc(SOOO)c(N=Nc4cc(C(=O)O)cc(C(=O)O)c4)c(O[I-]I)c23)=N1. The molecule has 1 aromatic heterocycles. The van der Waals surface area contributed by atoms with Gasteiger partial charge in [0.15, 0.2) is 5.75 Å². The second-order valence-corrected chi connectivity index (χ2v) is 26.5. The molecule has 0 saturated carbocycles. The molecule has 17 N–H and O–H groups in total. The average molecular weight is 1620 g/mol. The number of azo groups is 1. The zero-order valence-corrected chi connectivity index (χ0v) is 54.7. The van der Waals surface area contributed by atoms with Crippen molar-refractivity contribution in [3.63, 3.8) is 0 Å². The Kier molecular flexibility index (Phi) is 21.7. The third-order valence-electron chi connectivity index (χ3n) is 12.9. The summed E-state index contributed by atoms with van der Waals surface area (Å²) >= 11 is 1.26. The molecule has 38 nitrogen and oxygen atoms in total. The zero-order chi connectivity index (χ0) is 68.8. The number of benzene rings is 6. The Morgan fingerprint density at radius 2 is 1.32 bits per heavy atom. The number of allylic oxidation sites excluding steroid dienone is 1. The van der Waals surface area contributed by atoms with E-state index in [0.29, 0.717) is 12.0 Å². The van der Waals surface area contributed by atoms with Crippen LogP contribution in [0.1, 0.15) is 50.2 Å². The number of hydrogen-bond donors (Lipinski definition) is 17. The number of phenols is 1. The number of hydrazine groups is 1. The summed E-state index contributed by atoms with van der Waals surface area (Å²) in [5.74, 6) is -10.0. The van der Waals surface area contributed by atoms with Crippen LogP contribution in [0.5, 0.6) is 11.5 Å². The first kappa shape index (κ1) is 69.9. The molecular formula is C51H41I2N14O24S4-. The number of nitrogens with zero attached hydrogens (tertiary/aromatic N) is 7. The number of aromatic nitrogens is 3. The number of aromatic hydroxyl groups is 1. The van der Waals surface area contributed by atoms with Gasteiger partial charge in [-0.2, -0.15) is 23.4 Å². The molecule has 0 saturated heterocycles. The standard InChI is InChI=1S/C51H41I2N14O24S4/c1-18-54-48(62-50(56-18)60-33-16-29(94(81,82)83)11-20-13-35(92-90-88-79)39(41(68)37(20)33)66-64-27-7-22(43(69)70)5-23(8-27)44(71)72)58-26-3-4-32(31(15-26)47(77)78)59-49-55-19(2)57-51(63-49)61-34-17-30(95(84,85)86)12-21-14-36(93-91-89-80)40(42(38(21)34)87-53-52)67-65-28-9-24(45(73)74)6-25(10-28)46(75)76/h3-7,9-17,23,49,59,64,66,68,79-80H,8H2,1-2H3,(H,69,70)(H,71,72)(H,73,74)(H,75,76)(H,77,78)(H,81,82,83)(H,84,85,86)(H2,55,57,61,63)(H2,54,56,58,60,62)/q-1. The molecule has 9 rings (SSSR count). The van der Waals surface area contributed by atoms with Gasteiger partial charge in [0.1, 0.15) is 11.5 Å². The van der Waals surface area contributed by atoms with Crippen molar-refractivity contribution in [2.75, 3.05) is 26.7 Å². The van der Waals surface area contributed by atoms with Gasteiger partial charge in [-0.25, -0.2) is 14.8 Å². The van der Waals surface area contributed by atoms with E-state index in [-0.39, 0.29) is 142 Å². The van der Waals surface area contributed by atoms with Crippen molar-refractivity contribution >= 4 is 178 Å². The Balaban J connectivity index is 1.01. The summed E-state index contributed by atoms with van der Waals surface area (Å²) in [6.45, 7) is 2.89. The van der Waals surface area contributed by atoms with E-state index in [2.05, 4.69) is 87.0 Å². The maximum absolute atomic E-state index is 13.0. The van der Waals surface area contributed by atoms with E-state index >= 15 is 0 Å². The van der Waals surface area contributed by atoms with Crippen LogP contribution < -0.4 is 58.1 Å². The van der Waals surface area contributed by atoms with Crippen LogP contribution in [0.15, 0.2) is 136 Å². The molecule has 44 heteroatoms. The topological polar surface area (TPSA) is 574 Å². The van der Waals surface area contributed by atoms with E-state index in [9.17, 15) is 80.6 Å². The molecule has 2 heterocycles. The van der Waals surface area contributed by atoms with Gasteiger partial charge in [-0.3, -0.25) is 14.8 Å². The van der Waals surface area contributed by atoms with Gasteiger partial charge in [0.25, 0.3) is 10.1 Å². The van der Waals surface area contributed by atoms with Crippen molar-refractivity contribution in [1.82, 2.24) is 25.7 Å². The molecule has 0 radical (unpaired) electrons. The van der Waals surface area contributed by atoms with Crippen molar-refractivity contribution in [2.45, 2.75) is 46.1 Å². The molecular weight excluding hydrogens is 1570 g/mol. The summed E-state index contributed by atoms with van der Waals surface area (Å²) in [6, 6.07) is 13.3. The molecule has 2 unspecified atom stereocenters. The number of carboxylic acids is 5. The molecule has 2 atom stereocenters. The van der Waals surface area contributed by atoms with Crippen LogP contribution in [0.25, 0.3) is 21.5 Å². The molecule has 0 bridgehead atoms. The Hall–Kier alpha value is -9.44. The summed E-state index contributed by atoms with van der Waals surface area (Å²) in [5.41, 5.74) is 2.47. The molecule has 7 aromatic rings. The first-order chi connectivity index (χ1) is 45.0. The number of carbonyl (C=O) groups is 5. The predicted octanol–water partition coefficient (Wildman–Crippen LogP) is 5.37. The third-order valence-corrected chi connectivity index (χ3v) is 17.5. The van der Waals surface area contributed by atoms with Crippen LogP contribution in [0.3, 0.4) is 0 Å². The quantitative estimate of drug-likeness (QED) is 0.00585. The van der Waals surface area contributed by atoms with Gasteiger partial charge in [-0.05, 0) is 36.6 Å². The maximum atomic E-state index is 13.0. The average Bonchev–Trinajstić information content (AvgIpc) is 0.761. The molecule has 498 valence electrons. The second-order valence-electron chi connectivity index (χ2n) is 19.2. The molecule has 1 aliphatic carbocycles. The van der Waals surface area contributed by atoms with E-state index in [4.69, 9.17) is 17.9 Å². The molecule has 0 fully saturated rings. The number of phenolic OH excluding ortho intramolecular Hbond substituents is 1. The molecule has 6 aromatic carbocycles. The number of amidine groups is 1. The number of hydrogen-bond acceptors (Lipinski definition) is 33. The number of anilines is 7. The number of rotatable bonds is 27. The first-order valence-corrected chi connectivity index (χ1v) is 37.2. The van der Waals surface area contributed by atoms with Crippen molar-refractivity contribution in [1.29, 1.82) is 0 Å². The fraction of sp³-hybridized carbons (Fsp3) is 0.0980. The summed E-state index contributed by atoms with van der Waals surface area (Å²) < 4.78 is 86.9. The Morgan fingerprint density at radius 3 is 1.91 bits per heavy atom. The summed E-state index contributed by atoms with van der Waals surface area (Å²) in [7, 11) is -10.0. The van der Waals surface area contributed by atoms with Crippen LogP contribution in [-0.4, -0.2) is 130 Å². The van der Waals surface area contributed by atoms with Gasteiger partial charge in [0.2, 0.25) is 11.9 Å². The van der Waals surface area contributed by atoms with Gasteiger partial charge in [0, 0.05) is 23.2 Å². The van der Waals surface area contributed by atoms with Crippen molar-refractivity contribution < 1.29 is 131 Å². The molecule has 95 heavy (non-hydrogen) atoms. The number of aryl methyl sites for hydroxylation is 1. The number of guanidine groups is 1. The van der Waals surface area contributed by atoms with Gasteiger partial charge >= 0.3 is 320 Å². The minimum atomic E-state index is -5.02. The Bertz CT molecular complexity index is 4730. The second kappa shape index (κ2) is 29.5. The fourth-order valence-corrected chi connectivity index (χ4v) is 12.9. The van der Waals surface area contributed by atoms with Gasteiger partial charge < -0.3 is 36.5 Å². The summed E-state index contributed by atoms with van der Waals surface area (Å²) in [6.07, 6.45) is 0.653. The number of carboxylic acid groups (broad SMARTS) is 5. The Labute approximate surface area is 559 Å². The Morgan fingerprint density at radius 1 is 0.705 bits per heavy atom. The molecule has 0 spiro atoms. The van der Waals surface area contributed by atoms with E-state index in [0.717, 1.165) is 54.6 Å². The number of halogens is 2. The van der Waals surface area contributed by atoms with Crippen molar-refractivity contribution in [3.05, 3.63) is 119 Å². The molecule has 0 amide bonds. The predicted molar refractivity (Wildman–Crippen MR) is 335 cm³/mol. The van der Waals surface area contributed by atoms with Crippen molar-refractivity contribution in [3.8, 4) is 11.5 Å². The van der Waals surface area contributed by atoms with Gasteiger partial charge in [-0.1, -0.05) is 11.1 Å². The van der Waals surface area contributed by atoms with Gasteiger partial charge in [0.05, 0.1) is 39.0 Å². The molecule has 2 aliphatic rings. The number of fused-ring (bicyclic) bond motifs is 2. The van der Waals surface area contributed by atoms with E-state index in [1.165, 1.54) is 44.2 Å². The summed E-state index contributed by atoms with van der Waals surface area (Å²) in [4.78, 5) is 80.6. The van der Waals surface area contributed by atoms with Crippen LogP contribution in [0.2, 0.25) is 0 Å². The minimum absolute atomic E-state index is 0.00761. The summed E-state index contributed by atoms with van der Waals surface area (Å²) in [5, 5.41) is 109. The number of aromatic carboxylic acids is 3. The van der Waals surface area contributed by atoms with Gasteiger partial charge in [-0.15, -0.1) is 4.33 Å².